The molecule has 0 atom stereocenters. The normalized spacial score (nSPS) is 21.3. The van der Waals surface area contributed by atoms with Crippen molar-refractivity contribution in [3.63, 3.8) is 0 Å². The standard InChI is InChI=1S/C13H21NS/c1-2-4-6-8-12(9-7-5-3-1)13-10-14-11-15-13/h10-12H,1-9H2. The fraction of sp³-hybridized carbons (Fsp3) is 0.769. The molecule has 0 unspecified atom stereocenters. The van der Waals surface area contributed by atoms with Crippen LogP contribution in [-0.2, 0) is 0 Å². The zero-order valence-corrected chi connectivity index (χ0v) is 10.3. The second-order valence-corrected chi connectivity index (χ2v) is 5.57. The smallest absolute Gasteiger partial charge is 0.0794 e. The maximum absolute atomic E-state index is 4.21. The summed E-state index contributed by atoms with van der Waals surface area (Å²) in [6.45, 7) is 0. The van der Waals surface area contributed by atoms with Gasteiger partial charge in [-0.15, -0.1) is 11.3 Å². The van der Waals surface area contributed by atoms with Crippen molar-refractivity contribution in [1.29, 1.82) is 0 Å². The topological polar surface area (TPSA) is 12.9 Å². The molecule has 1 aromatic rings. The van der Waals surface area contributed by atoms with Crippen LogP contribution in [0.2, 0.25) is 0 Å². The molecule has 0 bridgehead atoms. The Kier molecular flexibility index (Phi) is 4.65. The van der Waals surface area contributed by atoms with Crippen LogP contribution in [0.1, 0.15) is 68.6 Å². The number of thiazole rings is 1. The van der Waals surface area contributed by atoms with E-state index in [1.54, 1.807) is 0 Å². The molecule has 1 saturated carbocycles. The summed E-state index contributed by atoms with van der Waals surface area (Å²) in [4.78, 5) is 5.74. The highest BCUT2D eigenvalue weighted by atomic mass is 32.1. The SMILES string of the molecule is c1ncc(C2CCCCCCCCC2)s1. The third-order valence-corrected chi connectivity index (χ3v) is 4.40. The first-order valence-corrected chi connectivity index (χ1v) is 7.23. The number of aromatic nitrogens is 1. The summed E-state index contributed by atoms with van der Waals surface area (Å²) < 4.78 is 0. The Morgan fingerprint density at radius 2 is 1.53 bits per heavy atom. The molecule has 15 heavy (non-hydrogen) atoms. The van der Waals surface area contributed by atoms with E-state index in [0.717, 1.165) is 5.92 Å². The summed E-state index contributed by atoms with van der Waals surface area (Å²) in [7, 11) is 0. The Morgan fingerprint density at radius 1 is 0.933 bits per heavy atom. The summed E-state index contributed by atoms with van der Waals surface area (Å²) >= 11 is 1.85. The molecule has 0 N–H and O–H groups in total. The van der Waals surface area contributed by atoms with Gasteiger partial charge in [-0.2, -0.15) is 0 Å². The molecule has 2 rings (SSSR count). The van der Waals surface area contributed by atoms with E-state index < -0.39 is 0 Å². The lowest BCUT2D eigenvalue weighted by molar-refractivity contribution is 0.466. The minimum atomic E-state index is 0.815. The lowest BCUT2D eigenvalue weighted by atomic mass is 9.91. The Morgan fingerprint density at radius 3 is 2.07 bits per heavy atom. The first-order valence-electron chi connectivity index (χ1n) is 6.35. The Hall–Kier alpha value is -0.370. The van der Waals surface area contributed by atoms with Gasteiger partial charge in [0.2, 0.25) is 0 Å². The zero-order chi connectivity index (χ0) is 10.3. The second-order valence-electron chi connectivity index (χ2n) is 4.65. The van der Waals surface area contributed by atoms with Crippen molar-refractivity contribution >= 4 is 11.3 Å². The Bertz CT molecular complexity index is 246. The molecule has 84 valence electrons. The Balaban J connectivity index is 1.90. The van der Waals surface area contributed by atoms with E-state index in [-0.39, 0.29) is 0 Å². The largest absolute Gasteiger partial charge is 0.253 e. The molecular formula is C13H21NS. The molecule has 0 aromatic carbocycles. The van der Waals surface area contributed by atoms with Crippen LogP contribution in [0.4, 0.5) is 0 Å². The molecule has 1 aliphatic rings. The third-order valence-electron chi connectivity index (χ3n) is 3.46. The molecule has 1 aromatic heterocycles. The first kappa shape index (κ1) is 11.1. The van der Waals surface area contributed by atoms with Crippen LogP contribution in [0.5, 0.6) is 0 Å². The third kappa shape index (κ3) is 3.60. The van der Waals surface area contributed by atoms with Crippen molar-refractivity contribution < 1.29 is 0 Å². The first-order chi connectivity index (χ1) is 7.47. The quantitative estimate of drug-likeness (QED) is 0.669. The van der Waals surface area contributed by atoms with E-state index >= 15 is 0 Å². The number of hydrogen-bond donors (Lipinski definition) is 0. The maximum atomic E-state index is 4.21. The summed E-state index contributed by atoms with van der Waals surface area (Å²) in [6.07, 6.45) is 15.0. The molecule has 2 heteroatoms. The Labute approximate surface area is 96.9 Å². The summed E-state index contributed by atoms with van der Waals surface area (Å²) in [6, 6.07) is 0. The van der Waals surface area contributed by atoms with Crippen molar-refractivity contribution in [2.75, 3.05) is 0 Å². The highest BCUT2D eigenvalue weighted by Gasteiger charge is 2.13. The van der Waals surface area contributed by atoms with Gasteiger partial charge in [-0.3, -0.25) is 4.98 Å². The molecular weight excluding hydrogens is 202 g/mol. The van der Waals surface area contributed by atoms with E-state index in [9.17, 15) is 0 Å². The van der Waals surface area contributed by atoms with Gasteiger partial charge in [0.1, 0.15) is 0 Å². The van der Waals surface area contributed by atoms with E-state index in [2.05, 4.69) is 11.2 Å². The van der Waals surface area contributed by atoms with E-state index in [1.807, 2.05) is 16.8 Å². The van der Waals surface area contributed by atoms with Crippen LogP contribution in [-0.4, -0.2) is 4.98 Å². The fourth-order valence-electron chi connectivity index (χ4n) is 2.52. The van der Waals surface area contributed by atoms with Crippen molar-refractivity contribution in [2.45, 2.75) is 63.7 Å². The molecule has 1 aliphatic carbocycles. The van der Waals surface area contributed by atoms with Crippen molar-refractivity contribution in [1.82, 2.24) is 4.98 Å². The summed E-state index contributed by atoms with van der Waals surface area (Å²) in [5.41, 5.74) is 1.98. The van der Waals surface area contributed by atoms with Gasteiger partial charge in [0.25, 0.3) is 0 Å². The number of nitrogens with zero attached hydrogens (tertiary/aromatic N) is 1. The lowest BCUT2D eigenvalue weighted by Crippen LogP contribution is -1.99. The van der Waals surface area contributed by atoms with Gasteiger partial charge in [0.05, 0.1) is 5.51 Å². The van der Waals surface area contributed by atoms with Gasteiger partial charge in [0.15, 0.2) is 0 Å². The van der Waals surface area contributed by atoms with Crippen LogP contribution < -0.4 is 0 Å². The van der Waals surface area contributed by atoms with Gasteiger partial charge in [-0.05, 0) is 18.8 Å². The molecule has 0 amide bonds. The van der Waals surface area contributed by atoms with Crippen LogP contribution in [0.3, 0.4) is 0 Å². The predicted octanol–water partition coefficient (Wildman–Crippen LogP) is 4.75. The lowest BCUT2D eigenvalue weighted by Gasteiger charge is -2.16. The van der Waals surface area contributed by atoms with E-state index in [4.69, 9.17) is 0 Å². The highest BCUT2D eigenvalue weighted by molar-refractivity contribution is 7.09. The summed E-state index contributed by atoms with van der Waals surface area (Å²) in [5, 5.41) is 0. The fourth-order valence-corrected chi connectivity index (χ4v) is 3.31. The summed E-state index contributed by atoms with van der Waals surface area (Å²) in [5.74, 6) is 0.815. The molecule has 1 fully saturated rings. The molecule has 0 spiro atoms. The minimum Gasteiger partial charge on any atom is -0.253 e. The highest BCUT2D eigenvalue weighted by Crippen LogP contribution is 2.31. The maximum Gasteiger partial charge on any atom is 0.0794 e. The molecule has 0 saturated heterocycles. The van der Waals surface area contributed by atoms with Crippen LogP contribution in [0.15, 0.2) is 11.7 Å². The molecule has 1 nitrogen and oxygen atoms in total. The predicted molar refractivity (Wildman–Crippen MR) is 66.4 cm³/mol. The van der Waals surface area contributed by atoms with E-state index in [1.165, 1.54) is 62.7 Å². The van der Waals surface area contributed by atoms with Crippen molar-refractivity contribution in [2.24, 2.45) is 0 Å². The zero-order valence-electron chi connectivity index (χ0n) is 9.45. The van der Waals surface area contributed by atoms with Gasteiger partial charge < -0.3 is 0 Å². The van der Waals surface area contributed by atoms with Crippen molar-refractivity contribution in [3.05, 3.63) is 16.6 Å². The second kappa shape index (κ2) is 6.26. The average molecular weight is 223 g/mol. The van der Waals surface area contributed by atoms with Gasteiger partial charge in [0, 0.05) is 11.1 Å². The van der Waals surface area contributed by atoms with Crippen LogP contribution >= 0.6 is 11.3 Å². The van der Waals surface area contributed by atoms with E-state index in [0.29, 0.717) is 0 Å². The van der Waals surface area contributed by atoms with Gasteiger partial charge >= 0.3 is 0 Å². The molecule has 0 aliphatic heterocycles. The average Bonchev–Trinajstić information content (AvgIpc) is 2.79. The van der Waals surface area contributed by atoms with Gasteiger partial charge in [-0.1, -0.05) is 44.9 Å². The monoisotopic (exact) mass is 223 g/mol. The van der Waals surface area contributed by atoms with Crippen molar-refractivity contribution in [3.8, 4) is 0 Å². The minimum absolute atomic E-state index is 0.815. The number of hydrogen-bond acceptors (Lipinski definition) is 2. The van der Waals surface area contributed by atoms with Crippen LogP contribution in [0, 0.1) is 0 Å². The molecule has 0 radical (unpaired) electrons. The van der Waals surface area contributed by atoms with Crippen LogP contribution in [0.25, 0.3) is 0 Å². The number of rotatable bonds is 1. The van der Waals surface area contributed by atoms with Gasteiger partial charge in [-0.25, -0.2) is 0 Å². The molecule has 1 heterocycles.